The zero-order chi connectivity index (χ0) is 31.9. The first-order chi connectivity index (χ1) is 22.4. The molecule has 2 amide bonds. The molecule has 1 aromatic heterocycles. The molecule has 46 heavy (non-hydrogen) atoms. The lowest BCUT2D eigenvalue weighted by Crippen LogP contribution is -2.38. The fourth-order valence-electron chi connectivity index (χ4n) is 5.21. The molecule has 0 spiro atoms. The molecule has 1 aliphatic heterocycles. The molecule has 236 valence electrons. The summed E-state index contributed by atoms with van der Waals surface area (Å²) in [5.74, 6) is 2.19. The summed E-state index contributed by atoms with van der Waals surface area (Å²) >= 11 is 1.65. The number of aliphatic hydroxyl groups is 1. The Morgan fingerprint density at radius 2 is 1.50 bits per heavy atom. The summed E-state index contributed by atoms with van der Waals surface area (Å²) in [6, 6.07) is 31.7. The molecule has 0 radical (unpaired) electrons. The van der Waals surface area contributed by atoms with Gasteiger partial charge in [-0.1, -0.05) is 73.3 Å². The molecule has 4 unspecified atom stereocenters. The zero-order valence-corrected chi connectivity index (χ0v) is 26.4. The summed E-state index contributed by atoms with van der Waals surface area (Å²) in [6.45, 7) is 2.13. The van der Waals surface area contributed by atoms with Crippen LogP contribution in [0.15, 0.2) is 121 Å². The molecule has 0 aliphatic carbocycles. The Bertz CT molecular complexity index is 1710. The monoisotopic (exact) mass is 636 g/mol. The van der Waals surface area contributed by atoms with E-state index in [2.05, 4.69) is 22.5 Å². The number of benzene rings is 4. The smallest absolute Gasteiger partial charge is 0.323 e. The normalized spacial score (nSPS) is 19.4. The molecule has 6 rings (SSSR count). The summed E-state index contributed by atoms with van der Waals surface area (Å²) in [6.07, 6.45) is 2.78. The molecule has 5 aromatic rings. The maximum atomic E-state index is 12.7. The van der Waals surface area contributed by atoms with Crippen LogP contribution in [-0.4, -0.2) is 32.5 Å². The second-order valence-electron chi connectivity index (χ2n) is 11.1. The van der Waals surface area contributed by atoms with Gasteiger partial charge in [0.25, 0.3) is 0 Å². The standard InChI is InChI=1S/C36H36N4O5S/c1-24-32(23-46-36-37-20-21-40(36)2)44-34(45-33(24)26-10-8-25(22-41)9-11-26)27-12-14-28(15-13-27)38-35(42)39-29-16-18-31(19-17-29)43-30-6-4-3-5-7-30/h3-21,24,32-34,41H,22-23H2,1-2H3,(H2,38,39,42). The van der Waals surface area contributed by atoms with E-state index in [9.17, 15) is 9.90 Å². The van der Waals surface area contributed by atoms with Gasteiger partial charge in [0.15, 0.2) is 11.4 Å². The van der Waals surface area contributed by atoms with E-state index in [0.29, 0.717) is 22.9 Å². The van der Waals surface area contributed by atoms with Gasteiger partial charge in [0.2, 0.25) is 0 Å². The summed E-state index contributed by atoms with van der Waals surface area (Å²) in [4.78, 5) is 17.2. The van der Waals surface area contributed by atoms with Gasteiger partial charge < -0.3 is 34.5 Å². The van der Waals surface area contributed by atoms with Crippen LogP contribution in [0.4, 0.5) is 16.2 Å². The number of nitrogens with one attached hydrogen (secondary N) is 2. The number of imidazole rings is 1. The number of aliphatic hydroxyl groups excluding tert-OH is 1. The number of rotatable bonds is 10. The van der Waals surface area contributed by atoms with Gasteiger partial charge in [-0.3, -0.25) is 0 Å². The fraction of sp³-hybridized carbons (Fsp3) is 0.222. The first kappa shape index (κ1) is 31.4. The Morgan fingerprint density at radius 1 is 0.870 bits per heavy atom. The molecule has 3 N–H and O–H groups in total. The molecule has 1 aliphatic rings. The minimum atomic E-state index is -0.606. The Labute approximate surface area is 272 Å². The average Bonchev–Trinajstić information content (AvgIpc) is 3.50. The largest absolute Gasteiger partial charge is 0.457 e. The summed E-state index contributed by atoms with van der Waals surface area (Å²) < 4.78 is 20.9. The molecule has 2 heterocycles. The van der Waals surface area contributed by atoms with Gasteiger partial charge in [0, 0.05) is 48.1 Å². The SMILES string of the molecule is CC1C(CSc2nccn2C)OC(c2ccc(NC(=O)Nc3ccc(Oc4ccccc4)cc3)cc2)OC1c1ccc(CO)cc1. The van der Waals surface area contributed by atoms with Crippen molar-refractivity contribution in [2.24, 2.45) is 13.0 Å². The number of amides is 2. The molecule has 4 atom stereocenters. The van der Waals surface area contributed by atoms with Crippen molar-refractivity contribution in [1.29, 1.82) is 0 Å². The van der Waals surface area contributed by atoms with Gasteiger partial charge in [-0.05, 0) is 59.7 Å². The summed E-state index contributed by atoms with van der Waals surface area (Å²) in [7, 11) is 1.98. The van der Waals surface area contributed by atoms with Crippen molar-refractivity contribution < 1.29 is 24.1 Å². The number of hydrogen-bond acceptors (Lipinski definition) is 7. The van der Waals surface area contributed by atoms with Crippen molar-refractivity contribution in [2.45, 2.75) is 37.2 Å². The second kappa shape index (κ2) is 14.7. The number of carbonyl (C=O) groups is 1. The highest BCUT2D eigenvalue weighted by Gasteiger charge is 2.38. The van der Waals surface area contributed by atoms with Gasteiger partial charge in [0.05, 0.1) is 18.8 Å². The minimum Gasteiger partial charge on any atom is -0.457 e. The lowest BCUT2D eigenvalue weighted by molar-refractivity contribution is -0.268. The number of carbonyl (C=O) groups excluding carboxylic acids is 1. The number of hydrogen-bond donors (Lipinski definition) is 3. The third-order valence-corrected chi connectivity index (χ3v) is 8.96. The minimum absolute atomic E-state index is 0.00950. The maximum Gasteiger partial charge on any atom is 0.323 e. The van der Waals surface area contributed by atoms with Crippen molar-refractivity contribution in [3.8, 4) is 11.5 Å². The second-order valence-corrected chi connectivity index (χ2v) is 12.1. The van der Waals surface area contributed by atoms with Crippen LogP contribution < -0.4 is 15.4 Å². The topological polar surface area (TPSA) is 107 Å². The van der Waals surface area contributed by atoms with Crippen LogP contribution in [0.25, 0.3) is 0 Å². The lowest BCUT2D eigenvalue weighted by atomic mass is 9.91. The Hall–Kier alpha value is -4.61. The van der Waals surface area contributed by atoms with Gasteiger partial charge in [0.1, 0.15) is 11.5 Å². The van der Waals surface area contributed by atoms with Crippen LogP contribution >= 0.6 is 11.8 Å². The quantitative estimate of drug-likeness (QED) is 0.134. The van der Waals surface area contributed by atoms with Crippen LogP contribution in [0.3, 0.4) is 0 Å². The molecule has 0 saturated carbocycles. The van der Waals surface area contributed by atoms with Crippen molar-refractivity contribution in [1.82, 2.24) is 9.55 Å². The zero-order valence-electron chi connectivity index (χ0n) is 25.6. The van der Waals surface area contributed by atoms with E-state index in [4.69, 9.17) is 14.2 Å². The van der Waals surface area contributed by atoms with Gasteiger partial charge in [-0.25, -0.2) is 9.78 Å². The van der Waals surface area contributed by atoms with Crippen molar-refractivity contribution in [3.63, 3.8) is 0 Å². The van der Waals surface area contributed by atoms with Crippen molar-refractivity contribution >= 4 is 29.2 Å². The predicted molar refractivity (Wildman–Crippen MR) is 179 cm³/mol. The first-order valence-corrected chi connectivity index (χ1v) is 16.1. The van der Waals surface area contributed by atoms with E-state index in [-0.39, 0.29) is 30.8 Å². The van der Waals surface area contributed by atoms with E-state index in [1.807, 2.05) is 96.7 Å². The Balaban J connectivity index is 1.10. The van der Waals surface area contributed by atoms with Crippen molar-refractivity contribution in [3.05, 3.63) is 132 Å². The number of urea groups is 1. The third-order valence-electron chi connectivity index (χ3n) is 7.81. The molecule has 4 aromatic carbocycles. The fourth-order valence-corrected chi connectivity index (χ4v) is 6.30. The molecular formula is C36H36N4O5S. The van der Waals surface area contributed by atoms with E-state index >= 15 is 0 Å². The third kappa shape index (κ3) is 7.78. The maximum absolute atomic E-state index is 12.7. The number of anilines is 2. The number of thioether (sulfide) groups is 1. The van der Waals surface area contributed by atoms with Crippen molar-refractivity contribution in [2.75, 3.05) is 16.4 Å². The summed E-state index contributed by atoms with van der Waals surface area (Å²) in [5.41, 5.74) is 3.99. The Kier molecular flexibility index (Phi) is 10.00. The van der Waals surface area contributed by atoms with E-state index in [1.54, 1.807) is 42.2 Å². The highest BCUT2D eigenvalue weighted by atomic mass is 32.2. The van der Waals surface area contributed by atoms with Gasteiger partial charge in [-0.15, -0.1) is 0 Å². The van der Waals surface area contributed by atoms with Gasteiger partial charge in [-0.2, -0.15) is 0 Å². The van der Waals surface area contributed by atoms with E-state index < -0.39 is 6.29 Å². The van der Waals surface area contributed by atoms with E-state index in [0.717, 1.165) is 27.6 Å². The van der Waals surface area contributed by atoms with Crippen LogP contribution in [0.2, 0.25) is 0 Å². The molecule has 1 fully saturated rings. The number of aromatic nitrogens is 2. The van der Waals surface area contributed by atoms with Crippen LogP contribution in [-0.2, 0) is 23.1 Å². The number of nitrogens with zero attached hydrogens (tertiary/aromatic N) is 2. The summed E-state index contributed by atoms with van der Waals surface area (Å²) in [5, 5.41) is 16.2. The average molecular weight is 637 g/mol. The highest BCUT2D eigenvalue weighted by Crippen LogP contribution is 2.43. The Morgan fingerprint density at radius 3 is 2.13 bits per heavy atom. The molecular weight excluding hydrogens is 600 g/mol. The van der Waals surface area contributed by atoms with Gasteiger partial charge >= 0.3 is 6.03 Å². The first-order valence-electron chi connectivity index (χ1n) is 15.1. The van der Waals surface area contributed by atoms with Crippen LogP contribution in [0, 0.1) is 5.92 Å². The highest BCUT2D eigenvalue weighted by molar-refractivity contribution is 7.99. The van der Waals surface area contributed by atoms with E-state index in [1.165, 1.54) is 0 Å². The molecule has 9 nitrogen and oxygen atoms in total. The molecule has 10 heteroatoms. The number of para-hydroxylation sites is 1. The molecule has 0 bridgehead atoms. The van der Waals surface area contributed by atoms with Crippen LogP contribution in [0.5, 0.6) is 11.5 Å². The lowest BCUT2D eigenvalue weighted by Gasteiger charge is -2.41. The molecule has 1 saturated heterocycles. The predicted octanol–water partition coefficient (Wildman–Crippen LogP) is 7.93. The van der Waals surface area contributed by atoms with Crippen LogP contribution in [0.1, 0.15) is 36.0 Å². The number of ether oxygens (including phenoxy) is 3. The number of aryl methyl sites for hydroxylation is 1.